The van der Waals surface area contributed by atoms with E-state index in [1.165, 1.54) is 26.4 Å². The van der Waals surface area contributed by atoms with Crippen LogP contribution in [0.3, 0.4) is 0 Å². The van der Waals surface area contributed by atoms with E-state index in [4.69, 9.17) is 14.2 Å². The maximum absolute atomic E-state index is 12.9. The molecule has 186 valence electrons. The molecule has 3 rings (SSSR count). The zero-order chi connectivity index (χ0) is 25.4. The van der Waals surface area contributed by atoms with E-state index in [9.17, 15) is 18.0 Å². The Morgan fingerprint density at radius 3 is 2.09 bits per heavy atom. The van der Waals surface area contributed by atoms with Gasteiger partial charge >= 0.3 is 12.1 Å². The topological polar surface area (TPSA) is 56.8 Å². The van der Waals surface area contributed by atoms with E-state index in [-0.39, 0.29) is 6.04 Å². The standard InChI is InChI=1S/C27H28F3NO4/c1-33-23-16-12-20(17-24(23)34-2)22(15-11-18-9-13-21(14-10-18)27(28,29)30)31-25(26(32)35-3)19-7-5-4-6-8-19/h4-10,12-14,16-17,22,25,31H,11,15H2,1-3H3/t22?,25-/m1/s1. The molecule has 0 heterocycles. The summed E-state index contributed by atoms with van der Waals surface area (Å²) in [7, 11) is 4.40. The van der Waals surface area contributed by atoms with Gasteiger partial charge in [-0.1, -0.05) is 48.5 Å². The number of ether oxygens (including phenoxy) is 3. The average Bonchev–Trinajstić information content (AvgIpc) is 2.88. The maximum atomic E-state index is 12.9. The molecule has 3 aromatic carbocycles. The average molecular weight is 488 g/mol. The number of hydrogen-bond donors (Lipinski definition) is 1. The lowest BCUT2D eigenvalue weighted by Gasteiger charge is -2.26. The maximum Gasteiger partial charge on any atom is 0.416 e. The first kappa shape index (κ1) is 26.1. The summed E-state index contributed by atoms with van der Waals surface area (Å²) in [5, 5.41) is 3.38. The zero-order valence-corrected chi connectivity index (χ0v) is 19.8. The molecule has 2 atom stereocenters. The van der Waals surface area contributed by atoms with Gasteiger partial charge in [0.1, 0.15) is 6.04 Å². The fourth-order valence-corrected chi connectivity index (χ4v) is 3.85. The van der Waals surface area contributed by atoms with Crippen LogP contribution in [0.25, 0.3) is 0 Å². The Kier molecular flexibility index (Phi) is 8.76. The molecule has 35 heavy (non-hydrogen) atoms. The molecule has 0 saturated carbocycles. The summed E-state index contributed by atoms with van der Waals surface area (Å²) in [6.07, 6.45) is -3.40. The molecule has 0 aliphatic heterocycles. The van der Waals surface area contributed by atoms with E-state index < -0.39 is 23.8 Å². The van der Waals surface area contributed by atoms with Crippen LogP contribution in [0.5, 0.6) is 11.5 Å². The van der Waals surface area contributed by atoms with Crippen molar-refractivity contribution in [2.75, 3.05) is 21.3 Å². The Bertz CT molecular complexity index is 1100. The third-order valence-corrected chi connectivity index (χ3v) is 5.75. The van der Waals surface area contributed by atoms with E-state index in [1.807, 2.05) is 42.5 Å². The van der Waals surface area contributed by atoms with Crippen LogP contribution in [-0.4, -0.2) is 27.3 Å². The largest absolute Gasteiger partial charge is 0.493 e. The van der Waals surface area contributed by atoms with Crippen LogP contribution in [0, 0.1) is 0 Å². The number of benzene rings is 3. The Morgan fingerprint density at radius 2 is 1.51 bits per heavy atom. The van der Waals surface area contributed by atoms with Crippen LogP contribution in [-0.2, 0) is 22.1 Å². The van der Waals surface area contributed by atoms with Gasteiger partial charge in [0.05, 0.1) is 26.9 Å². The van der Waals surface area contributed by atoms with Crippen molar-refractivity contribution >= 4 is 5.97 Å². The molecule has 0 amide bonds. The van der Waals surface area contributed by atoms with Crippen LogP contribution in [0.15, 0.2) is 72.8 Å². The minimum atomic E-state index is -4.38. The predicted molar refractivity (Wildman–Crippen MR) is 126 cm³/mol. The molecule has 0 aliphatic rings. The molecule has 1 N–H and O–H groups in total. The van der Waals surface area contributed by atoms with Crippen LogP contribution in [0.2, 0.25) is 0 Å². The normalized spacial score (nSPS) is 13.1. The SMILES string of the molecule is COC(=O)[C@H](NC(CCc1ccc(C(F)(F)F)cc1)c1ccc(OC)c(OC)c1)c1ccccc1. The number of rotatable bonds is 10. The summed E-state index contributed by atoms with van der Waals surface area (Å²) in [6.45, 7) is 0. The quantitative estimate of drug-likeness (QED) is 0.361. The van der Waals surface area contributed by atoms with E-state index in [1.54, 1.807) is 13.2 Å². The highest BCUT2D eigenvalue weighted by Crippen LogP contribution is 2.33. The van der Waals surface area contributed by atoms with Gasteiger partial charge < -0.3 is 14.2 Å². The zero-order valence-electron chi connectivity index (χ0n) is 19.8. The van der Waals surface area contributed by atoms with Gasteiger partial charge in [-0.15, -0.1) is 0 Å². The highest BCUT2D eigenvalue weighted by Gasteiger charge is 2.30. The summed E-state index contributed by atoms with van der Waals surface area (Å²) >= 11 is 0. The summed E-state index contributed by atoms with van der Waals surface area (Å²) in [4.78, 5) is 12.7. The number of esters is 1. The van der Waals surface area contributed by atoms with Gasteiger partial charge in [-0.2, -0.15) is 13.2 Å². The first-order valence-electron chi connectivity index (χ1n) is 11.0. The summed E-state index contributed by atoms with van der Waals surface area (Å²) in [6, 6.07) is 18.7. The van der Waals surface area contributed by atoms with Crippen molar-refractivity contribution in [3.8, 4) is 11.5 Å². The van der Waals surface area contributed by atoms with Crippen LogP contribution in [0.4, 0.5) is 13.2 Å². The van der Waals surface area contributed by atoms with Crippen LogP contribution < -0.4 is 14.8 Å². The van der Waals surface area contributed by atoms with Crippen molar-refractivity contribution in [2.45, 2.75) is 31.1 Å². The van der Waals surface area contributed by atoms with Crippen molar-refractivity contribution in [3.63, 3.8) is 0 Å². The number of carbonyl (C=O) groups is 1. The molecule has 0 saturated heterocycles. The first-order chi connectivity index (χ1) is 16.8. The third kappa shape index (κ3) is 6.76. The molecular weight excluding hydrogens is 459 g/mol. The molecule has 0 bridgehead atoms. The monoisotopic (exact) mass is 487 g/mol. The fourth-order valence-electron chi connectivity index (χ4n) is 3.85. The van der Waals surface area contributed by atoms with Gasteiger partial charge in [0.25, 0.3) is 0 Å². The summed E-state index contributed by atoms with van der Waals surface area (Å²) in [5.74, 6) is 0.641. The second kappa shape index (κ2) is 11.8. The minimum Gasteiger partial charge on any atom is -0.493 e. The number of hydrogen-bond acceptors (Lipinski definition) is 5. The smallest absolute Gasteiger partial charge is 0.416 e. The fraction of sp³-hybridized carbons (Fsp3) is 0.296. The van der Waals surface area contributed by atoms with E-state index in [0.29, 0.717) is 24.3 Å². The van der Waals surface area contributed by atoms with Crippen molar-refractivity contribution in [3.05, 3.63) is 95.1 Å². The van der Waals surface area contributed by atoms with Crippen LogP contribution >= 0.6 is 0 Å². The Balaban J connectivity index is 1.91. The highest BCUT2D eigenvalue weighted by molar-refractivity contribution is 5.77. The predicted octanol–water partition coefficient (Wildman–Crippen LogP) is 5.90. The molecule has 0 spiro atoms. The molecule has 0 radical (unpaired) electrons. The number of halogens is 3. The van der Waals surface area contributed by atoms with E-state index >= 15 is 0 Å². The second-order valence-electron chi connectivity index (χ2n) is 7.93. The van der Waals surface area contributed by atoms with Crippen molar-refractivity contribution in [2.24, 2.45) is 0 Å². The molecule has 5 nitrogen and oxygen atoms in total. The molecule has 0 fully saturated rings. The molecule has 3 aromatic rings. The Labute approximate surface area is 202 Å². The van der Waals surface area contributed by atoms with Gasteiger partial charge in [0.2, 0.25) is 0 Å². The molecule has 1 unspecified atom stereocenters. The lowest BCUT2D eigenvalue weighted by molar-refractivity contribution is -0.143. The number of alkyl halides is 3. The van der Waals surface area contributed by atoms with Gasteiger partial charge in [-0.3, -0.25) is 5.32 Å². The Morgan fingerprint density at radius 1 is 0.857 bits per heavy atom. The number of methoxy groups -OCH3 is 3. The molecule has 8 heteroatoms. The molecular formula is C27H28F3NO4. The van der Waals surface area contributed by atoms with Gasteiger partial charge in [0.15, 0.2) is 11.5 Å². The van der Waals surface area contributed by atoms with Crippen molar-refractivity contribution < 1.29 is 32.2 Å². The number of nitrogens with one attached hydrogen (secondary N) is 1. The third-order valence-electron chi connectivity index (χ3n) is 5.75. The van der Waals surface area contributed by atoms with Gasteiger partial charge in [0, 0.05) is 6.04 Å². The molecule has 0 aliphatic carbocycles. The van der Waals surface area contributed by atoms with Crippen LogP contribution in [0.1, 0.15) is 40.8 Å². The molecule has 0 aromatic heterocycles. The summed E-state index contributed by atoms with van der Waals surface area (Å²) in [5.41, 5.74) is 1.63. The van der Waals surface area contributed by atoms with Crippen molar-refractivity contribution in [1.29, 1.82) is 0 Å². The second-order valence-corrected chi connectivity index (χ2v) is 7.93. The van der Waals surface area contributed by atoms with Gasteiger partial charge in [-0.05, 0) is 53.8 Å². The highest BCUT2D eigenvalue weighted by atomic mass is 19.4. The number of aryl methyl sites for hydroxylation is 1. The lowest BCUT2D eigenvalue weighted by Crippen LogP contribution is -2.33. The van der Waals surface area contributed by atoms with Gasteiger partial charge in [-0.25, -0.2) is 4.79 Å². The van der Waals surface area contributed by atoms with E-state index in [0.717, 1.165) is 28.8 Å². The lowest BCUT2D eigenvalue weighted by atomic mass is 9.96. The minimum absolute atomic E-state index is 0.346. The van der Waals surface area contributed by atoms with Crippen molar-refractivity contribution in [1.82, 2.24) is 5.32 Å². The Hall–Kier alpha value is -3.52. The van der Waals surface area contributed by atoms with E-state index in [2.05, 4.69) is 5.32 Å². The number of carbonyl (C=O) groups excluding carboxylic acids is 1. The summed E-state index contributed by atoms with van der Waals surface area (Å²) < 4.78 is 54.6. The first-order valence-corrected chi connectivity index (χ1v) is 11.0.